The number of allylic oxidation sites excluding steroid dienone is 1. The summed E-state index contributed by atoms with van der Waals surface area (Å²) in [5, 5.41) is 6.79. The van der Waals surface area contributed by atoms with E-state index >= 15 is 0 Å². The third-order valence-corrected chi connectivity index (χ3v) is 5.35. The molecule has 0 saturated heterocycles. The first-order valence-electron chi connectivity index (χ1n) is 10.7. The van der Waals surface area contributed by atoms with E-state index in [1.807, 2.05) is 0 Å². The SMILES string of the molecule is Cc1cccc(C2=CCCNCC2)c1.Cc1cccc(C2=CCNCCC2)c1. The van der Waals surface area contributed by atoms with Gasteiger partial charge in [0, 0.05) is 6.54 Å². The molecule has 2 aliphatic rings. The second-order valence-electron chi connectivity index (χ2n) is 7.79. The second kappa shape index (κ2) is 11.0. The van der Waals surface area contributed by atoms with Gasteiger partial charge in [0.2, 0.25) is 0 Å². The molecule has 4 rings (SSSR count). The molecule has 0 saturated carbocycles. The summed E-state index contributed by atoms with van der Waals surface area (Å²) in [7, 11) is 0. The number of nitrogens with one attached hydrogen (secondary N) is 2. The molecule has 2 aromatic rings. The Kier molecular flexibility index (Phi) is 8.07. The molecule has 2 nitrogen and oxygen atoms in total. The minimum atomic E-state index is 1.02. The van der Waals surface area contributed by atoms with Crippen molar-refractivity contribution in [1.29, 1.82) is 0 Å². The quantitative estimate of drug-likeness (QED) is 0.723. The number of rotatable bonds is 2. The molecule has 148 valence electrons. The van der Waals surface area contributed by atoms with Crippen LogP contribution in [0.1, 0.15) is 47.9 Å². The van der Waals surface area contributed by atoms with Crippen LogP contribution < -0.4 is 10.6 Å². The Balaban J connectivity index is 0.000000161. The number of aryl methyl sites for hydroxylation is 2. The molecule has 2 heteroatoms. The molecule has 0 aliphatic carbocycles. The molecular weight excluding hydrogens is 340 g/mol. The molecule has 2 aromatic carbocycles. The number of benzene rings is 2. The summed E-state index contributed by atoms with van der Waals surface area (Å²) in [5.74, 6) is 0. The minimum Gasteiger partial charge on any atom is -0.316 e. The predicted octanol–water partition coefficient (Wildman–Crippen LogP) is 5.52. The Hall–Kier alpha value is -2.16. The van der Waals surface area contributed by atoms with Gasteiger partial charge in [0.25, 0.3) is 0 Å². The van der Waals surface area contributed by atoms with E-state index in [1.54, 1.807) is 0 Å². The minimum absolute atomic E-state index is 1.02. The monoisotopic (exact) mass is 374 g/mol. The van der Waals surface area contributed by atoms with Crippen molar-refractivity contribution in [3.63, 3.8) is 0 Å². The van der Waals surface area contributed by atoms with Gasteiger partial charge in [-0.1, -0.05) is 71.8 Å². The number of hydrogen-bond donors (Lipinski definition) is 2. The summed E-state index contributed by atoms with van der Waals surface area (Å²) in [6.45, 7) is 8.70. The van der Waals surface area contributed by atoms with Gasteiger partial charge in [0.1, 0.15) is 0 Å². The van der Waals surface area contributed by atoms with Crippen molar-refractivity contribution in [1.82, 2.24) is 10.6 Å². The largest absolute Gasteiger partial charge is 0.316 e. The molecule has 0 spiro atoms. The Morgan fingerprint density at radius 1 is 0.679 bits per heavy atom. The molecule has 0 bridgehead atoms. The van der Waals surface area contributed by atoms with E-state index in [4.69, 9.17) is 0 Å². The molecular formula is C26H34N2. The van der Waals surface area contributed by atoms with E-state index in [0.29, 0.717) is 0 Å². The van der Waals surface area contributed by atoms with Crippen LogP contribution in [-0.4, -0.2) is 26.2 Å². The summed E-state index contributed by atoms with van der Waals surface area (Å²) < 4.78 is 0. The maximum atomic E-state index is 3.41. The van der Waals surface area contributed by atoms with E-state index < -0.39 is 0 Å². The Morgan fingerprint density at radius 3 is 2.04 bits per heavy atom. The van der Waals surface area contributed by atoms with E-state index in [-0.39, 0.29) is 0 Å². The molecule has 0 unspecified atom stereocenters. The molecule has 0 aromatic heterocycles. The lowest BCUT2D eigenvalue weighted by molar-refractivity contribution is 0.718. The zero-order valence-corrected chi connectivity index (χ0v) is 17.4. The summed E-state index contributed by atoms with van der Waals surface area (Å²) in [6.07, 6.45) is 9.46. The lowest BCUT2D eigenvalue weighted by Crippen LogP contribution is -2.13. The first kappa shape index (κ1) is 20.6. The lowest BCUT2D eigenvalue weighted by Gasteiger charge is -2.06. The second-order valence-corrected chi connectivity index (χ2v) is 7.79. The van der Waals surface area contributed by atoms with Gasteiger partial charge in [0.05, 0.1) is 0 Å². The van der Waals surface area contributed by atoms with Crippen molar-refractivity contribution >= 4 is 11.1 Å². The van der Waals surface area contributed by atoms with Gasteiger partial charge in [-0.3, -0.25) is 0 Å². The predicted molar refractivity (Wildman–Crippen MR) is 123 cm³/mol. The zero-order chi connectivity index (χ0) is 19.6. The first-order chi connectivity index (χ1) is 13.7. The Bertz CT molecular complexity index is 747. The van der Waals surface area contributed by atoms with Gasteiger partial charge >= 0.3 is 0 Å². The third-order valence-electron chi connectivity index (χ3n) is 5.35. The fourth-order valence-electron chi connectivity index (χ4n) is 3.82. The van der Waals surface area contributed by atoms with Gasteiger partial charge in [-0.2, -0.15) is 0 Å². The average Bonchev–Trinajstić information content (AvgIpc) is 3.14. The lowest BCUT2D eigenvalue weighted by atomic mass is 10.00. The fourth-order valence-corrected chi connectivity index (χ4v) is 3.82. The van der Waals surface area contributed by atoms with Crippen molar-refractivity contribution in [3.05, 3.63) is 82.9 Å². The van der Waals surface area contributed by atoms with E-state index in [1.165, 1.54) is 46.2 Å². The molecule has 0 amide bonds. The molecule has 2 aliphatic heterocycles. The van der Waals surface area contributed by atoms with Crippen molar-refractivity contribution < 1.29 is 0 Å². The first-order valence-corrected chi connectivity index (χ1v) is 10.7. The van der Waals surface area contributed by atoms with Crippen LogP contribution in [0.3, 0.4) is 0 Å². The normalized spacial score (nSPS) is 17.4. The van der Waals surface area contributed by atoms with Crippen LogP contribution in [0.4, 0.5) is 0 Å². The van der Waals surface area contributed by atoms with Crippen LogP contribution in [0.25, 0.3) is 11.1 Å². The van der Waals surface area contributed by atoms with Gasteiger partial charge in [-0.15, -0.1) is 0 Å². The smallest absolute Gasteiger partial charge is 0.0140 e. The van der Waals surface area contributed by atoms with Crippen molar-refractivity contribution in [2.45, 2.75) is 39.5 Å². The van der Waals surface area contributed by atoms with Crippen LogP contribution in [0.15, 0.2) is 60.7 Å². The highest BCUT2D eigenvalue weighted by molar-refractivity contribution is 5.67. The molecule has 0 atom stereocenters. The highest BCUT2D eigenvalue weighted by Gasteiger charge is 2.05. The van der Waals surface area contributed by atoms with Gasteiger partial charge < -0.3 is 10.6 Å². The molecule has 2 heterocycles. The van der Waals surface area contributed by atoms with E-state index in [2.05, 4.69) is 85.2 Å². The van der Waals surface area contributed by atoms with Crippen molar-refractivity contribution in [2.75, 3.05) is 26.2 Å². The van der Waals surface area contributed by atoms with Crippen molar-refractivity contribution in [3.8, 4) is 0 Å². The van der Waals surface area contributed by atoms with Crippen LogP contribution >= 0.6 is 0 Å². The van der Waals surface area contributed by atoms with Crippen LogP contribution in [0, 0.1) is 13.8 Å². The van der Waals surface area contributed by atoms with Crippen molar-refractivity contribution in [2.24, 2.45) is 0 Å². The van der Waals surface area contributed by atoms with Gasteiger partial charge in [0.15, 0.2) is 0 Å². The Morgan fingerprint density at radius 2 is 1.36 bits per heavy atom. The van der Waals surface area contributed by atoms with Gasteiger partial charge in [-0.25, -0.2) is 0 Å². The topological polar surface area (TPSA) is 24.1 Å². The average molecular weight is 375 g/mol. The van der Waals surface area contributed by atoms with Crippen LogP contribution in [0.5, 0.6) is 0 Å². The maximum absolute atomic E-state index is 3.41. The summed E-state index contributed by atoms with van der Waals surface area (Å²) in [4.78, 5) is 0. The standard InChI is InChI=1S/2C13H17N/c2*1-11-4-2-5-13(10-11)12-6-3-8-14-9-7-12/h2,4-5,7,10,14H,3,6,8-9H2,1H3;2,4-6,10,14H,3,7-9H2,1H3. The molecule has 0 fully saturated rings. The highest BCUT2D eigenvalue weighted by Crippen LogP contribution is 2.22. The Labute approximate surface area is 170 Å². The third kappa shape index (κ3) is 6.47. The summed E-state index contributed by atoms with van der Waals surface area (Å²) >= 11 is 0. The number of hydrogen-bond acceptors (Lipinski definition) is 2. The van der Waals surface area contributed by atoms with Gasteiger partial charge in [-0.05, 0) is 81.4 Å². The van der Waals surface area contributed by atoms with Crippen LogP contribution in [0.2, 0.25) is 0 Å². The molecule has 0 radical (unpaired) electrons. The highest BCUT2D eigenvalue weighted by atomic mass is 14.8. The summed E-state index contributed by atoms with van der Waals surface area (Å²) in [6, 6.07) is 17.6. The maximum Gasteiger partial charge on any atom is 0.0140 e. The molecule has 2 N–H and O–H groups in total. The fraction of sp³-hybridized carbons (Fsp3) is 0.385. The molecule has 28 heavy (non-hydrogen) atoms. The van der Waals surface area contributed by atoms with Crippen LogP contribution in [-0.2, 0) is 0 Å². The summed E-state index contributed by atoms with van der Waals surface area (Å²) in [5.41, 5.74) is 8.49. The zero-order valence-electron chi connectivity index (χ0n) is 17.4. The van der Waals surface area contributed by atoms with E-state index in [0.717, 1.165) is 39.0 Å². The van der Waals surface area contributed by atoms with E-state index in [9.17, 15) is 0 Å².